The summed E-state index contributed by atoms with van der Waals surface area (Å²) in [5.74, 6) is -0.0543. The fraction of sp³-hybridized carbons (Fsp3) is 0.471. The van der Waals surface area contributed by atoms with E-state index in [2.05, 4.69) is 35.4 Å². The molecule has 2 N–H and O–H groups in total. The van der Waals surface area contributed by atoms with Gasteiger partial charge < -0.3 is 19.9 Å². The Kier molecular flexibility index (Phi) is 7.10. The van der Waals surface area contributed by atoms with Crippen LogP contribution in [0.25, 0.3) is 11.3 Å². The molecule has 0 bridgehead atoms. The molecule has 3 heterocycles. The molecule has 0 radical (unpaired) electrons. The van der Waals surface area contributed by atoms with Crippen LogP contribution in [0, 0.1) is 5.41 Å². The number of amides is 3. The zero-order valence-electron chi connectivity index (χ0n) is 25.9. The number of hydrogen-bond donors (Lipinski definition) is 2. The van der Waals surface area contributed by atoms with Crippen LogP contribution in [-0.4, -0.2) is 62.6 Å². The number of carbonyl (C=O) groups excluding carboxylic acids is 3. The van der Waals surface area contributed by atoms with Gasteiger partial charge in [-0.3, -0.25) is 14.7 Å². The number of nitrogens with zero attached hydrogens (tertiary/aromatic N) is 3. The third-order valence-electron chi connectivity index (χ3n) is 8.78. The maximum atomic E-state index is 13.4. The topological polar surface area (TPSA) is 108 Å². The molecular formula is C34H41N5O4. The van der Waals surface area contributed by atoms with Crippen molar-refractivity contribution in [3.63, 3.8) is 0 Å². The van der Waals surface area contributed by atoms with Crippen molar-refractivity contribution in [1.29, 1.82) is 0 Å². The van der Waals surface area contributed by atoms with E-state index in [-0.39, 0.29) is 29.3 Å². The Morgan fingerprint density at radius 1 is 1.12 bits per heavy atom. The zero-order valence-corrected chi connectivity index (χ0v) is 25.9. The Morgan fingerprint density at radius 3 is 2.58 bits per heavy atom. The average molecular weight is 584 g/mol. The maximum absolute atomic E-state index is 13.4. The molecule has 1 fully saturated rings. The minimum atomic E-state index is -0.569. The van der Waals surface area contributed by atoms with Crippen LogP contribution in [0.3, 0.4) is 0 Å². The van der Waals surface area contributed by atoms with Crippen LogP contribution in [0.5, 0.6) is 0 Å². The fourth-order valence-corrected chi connectivity index (χ4v) is 6.60. The first kappa shape index (κ1) is 29.0. The van der Waals surface area contributed by atoms with Gasteiger partial charge in [-0.25, -0.2) is 4.79 Å². The van der Waals surface area contributed by atoms with Gasteiger partial charge in [0, 0.05) is 47.6 Å². The van der Waals surface area contributed by atoms with Gasteiger partial charge in [-0.2, -0.15) is 5.10 Å². The molecular weight excluding hydrogens is 542 g/mol. The highest BCUT2D eigenvalue weighted by atomic mass is 16.6. The molecule has 2 aliphatic heterocycles. The van der Waals surface area contributed by atoms with E-state index in [1.165, 1.54) is 11.3 Å². The van der Waals surface area contributed by atoms with E-state index in [1.807, 2.05) is 69.0 Å². The summed E-state index contributed by atoms with van der Waals surface area (Å²) in [6, 6.07) is 13.3. The van der Waals surface area contributed by atoms with Crippen LogP contribution < -0.4 is 5.32 Å². The third kappa shape index (κ3) is 5.77. The Morgan fingerprint density at radius 2 is 1.86 bits per heavy atom. The van der Waals surface area contributed by atoms with E-state index < -0.39 is 11.7 Å². The Labute approximate surface area is 253 Å². The van der Waals surface area contributed by atoms with E-state index in [0.29, 0.717) is 31.6 Å². The molecule has 9 heteroatoms. The molecule has 0 spiro atoms. The lowest BCUT2D eigenvalue weighted by Crippen LogP contribution is -2.41. The molecule has 2 atom stereocenters. The first-order valence-electron chi connectivity index (χ1n) is 15.2. The molecule has 2 aromatic carbocycles. The summed E-state index contributed by atoms with van der Waals surface area (Å²) >= 11 is 0. The predicted molar refractivity (Wildman–Crippen MR) is 164 cm³/mol. The van der Waals surface area contributed by atoms with Gasteiger partial charge in [-0.1, -0.05) is 32.0 Å². The molecule has 226 valence electrons. The molecule has 1 aromatic heterocycles. The quantitative estimate of drug-likeness (QED) is 0.403. The number of nitrogens with one attached hydrogen (secondary N) is 2. The Balaban J connectivity index is 1.09. The zero-order chi connectivity index (χ0) is 30.7. The van der Waals surface area contributed by atoms with Crippen LogP contribution in [-0.2, 0) is 24.1 Å². The van der Waals surface area contributed by atoms with E-state index in [0.717, 1.165) is 40.8 Å². The minimum Gasteiger partial charge on any atom is -0.444 e. The number of ether oxygens (including phenoxy) is 1. The highest BCUT2D eigenvalue weighted by molar-refractivity contribution is 5.99. The molecule has 3 aliphatic rings. The van der Waals surface area contributed by atoms with Crippen molar-refractivity contribution in [2.45, 2.75) is 85.0 Å². The van der Waals surface area contributed by atoms with E-state index in [9.17, 15) is 14.4 Å². The standard InChI is InChI=1S/C34H41N5O4/c1-20(21-7-9-22(10-8-21)30(40)38-14-13-25(19-38)35-32(42)43-33(2,3)4)39-18-24-15-23(11-12-26(24)31(39)41)29-27-16-34(5,6)17-28(27)36-37-29/h7-12,15,20,25H,13-14,16-19H2,1-6H3,(H,35,42)(H,36,37)/t20-,25+/m1/s1. The highest BCUT2D eigenvalue weighted by Crippen LogP contribution is 2.41. The van der Waals surface area contributed by atoms with Gasteiger partial charge in [0.05, 0.1) is 17.8 Å². The summed E-state index contributed by atoms with van der Waals surface area (Å²) in [6.45, 7) is 13.6. The molecule has 0 unspecified atom stereocenters. The molecule has 9 nitrogen and oxygen atoms in total. The second kappa shape index (κ2) is 10.5. The maximum Gasteiger partial charge on any atom is 0.407 e. The van der Waals surface area contributed by atoms with Crippen molar-refractivity contribution in [3.8, 4) is 11.3 Å². The predicted octanol–water partition coefficient (Wildman–Crippen LogP) is 5.66. The fourth-order valence-electron chi connectivity index (χ4n) is 6.60. The minimum absolute atomic E-state index is 0.0168. The van der Waals surface area contributed by atoms with Crippen molar-refractivity contribution >= 4 is 17.9 Å². The normalized spacial score (nSPS) is 19.8. The van der Waals surface area contributed by atoms with Crippen LogP contribution in [0.2, 0.25) is 0 Å². The third-order valence-corrected chi connectivity index (χ3v) is 8.78. The summed E-state index contributed by atoms with van der Waals surface area (Å²) in [7, 11) is 0. The summed E-state index contributed by atoms with van der Waals surface area (Å²) in [5, 5.41) is 10.7. The summed E-state index contributed by atoms with van der Waals surface area (Å²) in [6.07, 6.45) is 2.21. The Hall–Kier alpha value is -4.14. The van der Waals surface area contributed by atoms with Crippen LogP contribution >= 0.6 is 0 Å². The average Bonchev–Trinajstić information content (AvgIpc) is 3.69. The van der Waals surface area contributed by atoms with Crippen molar-refractivity contribution in [2.24, 2.45) is 5.41 Å². The molecule has 0 saturated carbocycles. The van der Waals surface area contributed by atoms with Gasteiger partial charge >= 0.3 is 6.09 Å². The number of H-pyrrole nitrogens is 1. The second-order valence-corrected chi connectivity index (χ2v) is 14.0. The van der Waals surface area contributed by atoms with Crippen molar-refractivity contribution in [1.82, 2.24) is 25.3 Å². The largest absolute Gasteiger partial charge is 0.444 e. The number of likely N-dealkylation sites (tertiary alicyclic amines) is 1. The number of carbonyl (C=O) groups is 3. The number of hydrogen-bond acceptors (Lipinski definition) is 5. The number of rotatable bonds is 5. The lowest BCUT2D eigenvalue weighted by Gasteiger charge is -2.25. The Bertz CT molecular complexity index is 1580. The van der Waals surface area contributed by atoms with Crippen molar-refractivity contribution < 1.29 is 19.1 Å². The lowest BCUT2D eigenvalue weighted by atomic mass is 9.90. The number of benzene rings is 2. The smallest absolute Gasteiger partial charge is 0.407 e. The van der Waals surface area contributed by atoms with E-state index in [1.54, 1.807) is 4.90 Å². The lowest BCUT2D eigenvalue weighted by molar-refractivity contribution is 0.0501. The highest BCUT2D eigenvalue weighted by Gasteiger charge is 2.35. The van der Waals surface area contributed by atoms with Crippen molar-refractivity contribution in [2.75, 3.05) is 13.1 Å². The summed E-state index contributed by atoms with van der Waals surface area (Å²) < 4.78 is 5.35. The summed E-state index contributed by atoms with van der Waals surface area (Å²) in [4.78, 5) is 42.4. The molecule has 3 amide bonds. The SMILES string of the molecule is C[C@H](c1ccc(C(=O)N2CC[C@H](NC(=O)OC(C)(C)C)C2)cc1)N1Cc2cc(-c3n[nH]c4c3CC(C)(C)C4)ccc2C1=O. The number of alkyl carbamates (subject to hydrolysis) is 1. The van der Waals surface area contributed by atoms with Crippen LogP contribution in [0.15, 0.2) is 42.5 Å². The first-order chi connectivity index (χ1) is 20.3. The molecule has 6 rings (SSSR count). The molecule has 3 aromatic rings. The van der Waals surface area contributed by atoms with Crippen molar-refractivity contribution in [3.05, 3.63) is 76.0 Å². The van der Waals surface area contributed by atoms with Crippen LogP contribution in [0.1, 0.15) is 97.1 Å². The first-order valence-corrected chi connectivity index (χ1v) is 15.2. The number of aromatic nitrogens is 2. The van der Waals surface area contributed by atoms with Gasteiger partial charge in [0.1, 0.15) is 5.60 Å². The van der Waals surface area contributed by atoms with Gasteiger partial charge in [-0.15, -0.1) is 0 Å². The number of aromatic amines is 1. The van der Waals surface area contributed by atoms with Crippen LogP contribution in [0.4, 0.5) is 4.79 Å². The molecule has 43 heavy (non-hydrogen) atoms. The monoisotopic (exact) mass is 583 g/mol. The van der Waals surface area contributed by atoms with Gasteiger partial charge in [0.2, 0.25) is 0 Å². The number of fused-ring (bicyclic) bond motifs is 2. The van der Waals surface area contributed by atoms with Gasteiger partial charge in [0.25, 0.3) is 11.8 Å². The van der Waals surface area contributed by atoms with E-state index >= 15 is 0 Å². The van der Waals surface area contributed by atoms with E-state index in [4.69, 9.17) is 4.74 Å². The summed E-state index contributed by atoms with van der Waals surface area (Å²) in [5.41, 5.74) is 7.51. The van der Waals surface area contributed by atoms with Gasteiger partial charge in [0.15, 0.2) is 0 Å². The molecule has 1 saturated heterocycles. The molecule has 1 aliphatic carbocycles. The second-order valence-electron chi connectivity index (χ2n) is 14.0. The van der Waals surface area contributed by atoms with Gasteiger partial charge in [-0.05, 0) is 87.8 Å².